The van der Waals surface area contributed by atoms with Gasteiger partial charge in [-0.3, -0.25) is 4.98 Å². The molecule has 11 heteroatoms. The number of hydrogen-bond donors (Lipinski definition) is 4. The van der Waals surface area contributed by atoms with E-state index in [0.717, 1.165) is 48.6 Å². The van der Waals surface area contributed by atoms with Gasteiger partial charge in [-0.25, -0.2) is 14.6 Å². The number of likely N-dealkylation sites (tertiary alicyclic amines) is 1. The topological polar surface area (TPSA) is 135 Å². The van der Waals surface area contributed by atoms with Crippen LogP contribution in [0.2, 0.25) is 0 Å². The number of carbonyl (C=O) groups is 1. The lowest BCUT2D eigenvalue weighted by atomic mass is 10.0. The molecular formula is C26H28N6O5. The van der Waals surface area contributed by atoms with Crippen LogP contribution in [0.4, 0.5) is 10.5 Å². The Labute approximate surface area is 212 Å². The van der Waals surface area contributed by atoms with Gasteiger partial charge < -0.3 is 34.7 Å². The minimum atomic E-state index is -0.495. The Kier molecular flexibility index (Phi) is 5.74. The summed E-state index contributed by atoms with van der Waals surface area (Å²) in [6.07, 6.45) is 5.46. The Morgan fingerprint density at radius 2 is 1.97 bits per heavy atom. The molecule has 3 aliphatic rings. The molecule has 0 bridgehead atoms. The molecular weight excluding hydrogens is 476 g/mol. The zero-order valence-electron chi connectivity index (χ0n) is 20.4. The number of aromatic amines is 1. The Balaban J connectivity index is 1.09. The summed E-state index contributed by atoms with van der Waals surface area (Å²) >= 11 is 0. The van der Waals surface area contributed by atoms with Gasteiger partial charge in [0.25, 0.3) is 0 Å². The summed E-state index contributed by atoms with van der Waals surface area (Å²) in [6, 6.07) is 8.64. The van der Waals surface area contributed by atoms with Crippen molar-refractivity contribution in [2.24, 2.45) is 4.99 Å². The number of benzene rings is 2. The second kappa shape index (κ2) is 9.23. The fourth-order valence-corrected chi connectivity index (χ4v) is 5.26. The first-order chi connectivity index (χ1) is 17.9. The number of phenolic OH excluding ortho intramolecular Hbond substituents is 1. The first-order valence-corrected chi connectivity index (χ1v) is 12.4. The van der Waals surface area contributed by atoms with E-state index >= 15 is 0 Å². The molecule has 3 aliphatic heterocycles. The van der Waals surface area contributed by atoms with Crippen molar-refractivity contribution in [1.29, 1.82) is 0 Å². The van der Waals surface area contributed by atoms with Crippen molar-refractivity contribution in [3.63, 3.8) is 0 Å². The van der Waals surface area contributed by atoms with Crippen LogP contribution in [0.25, 0.3) is 11.1 Å². The molecule has 1 aromatic heterocycles. The van der Waals surface area contributed by atoms with Crippen LogP contribution in [0.1, 0.15) is 24.0 Å². The van der Waals surface area contributed by atoms with Crippen LogP contribution < -0.4 is 21.1 Å². The van der Waals surface area contributed by atoms with E-state index in [-0.39, 0.29) is 17.8 Å². The van der Waals surface area contributed by atoms with Gasteiger partial charge in [0.15, 0.2) is 11.8 Å². The van der Waals surface area contributed by atoms with E-state index in [1.807, 2.05) is 24.0 Å². The highest BCUT2D eigenvalue weighted by atomic mass is 16.5. The first-order valence-electron chi connectivity index (χ1n) is 12.4. The van der Waals surface area contributed by atoms with Crippen molar-refractivity contribution in [3.05, 3.63) is 63.9 Å². The van der Waals surface area contributed by atoms with Gasteiger partial charge in [0.05, 0.1) is 11.9 Å². The highest BCUT2D eigenvalue weighted by Gasteiger charge is 2.31. The summed E-state index contributed by atoms with van der Waals surface area (Å²) in [5, 5.41) is 15.9. The van der Waals surface area contributed by atoms with Crippen LogP contribution in [0, 0.1) is 6.92 Å². The first kappa shape index (κ1) is 23.0. The number of nitrogens with zero attached hydrogens (tertiary/aromatic N) is 3. The smallest absolute Gasteiger partial charge is 0.417 e. The molecule has 0 radical (unpaired) electrons. The van der Waals surface area contributed by atoms with Gasteiger partial charge in [0, 0.05) is 43.5 Å². The molecule has 1 fully saturated rings. The van der Waals surface area contributed by atoms with Crippen molar-refractivity contribution in [3.8, 4) is 11.5 Å². The average molecular weight is 505 g/mol. The van der Waals surface area contributed by atoms with Crippen LogP contribution in [0.5, 0.6) is 11.5 Å². The highest BCUT2D eigenvalue weighted by molar-refractivity contribution is 5.91. The number of hydrogen-bond acceptors (Lipinski definition) is 8. The maximum Gasteiger partial charge on any atom is 0.417 e. The third-order valence-electron chi connectivity index (χ3n) is 7.14. The van der Waals surface area contributed by atoms with Gasteiger partial charge >= 0.3 is 11.8 Å². The van der Waals surface area contributed by atoms with E-state index in [2.05, 4.69) is 25.5 Å². The second-order valence-electron chi connectivity index (χ2n) is 9.55. The van der Waals surface area contributed by atoms with Crippen molar-refractivity contribution < 1.29 is 19.1 Å². The Bertz CT molecular complexity index is 1470. The number of rotatable bonds is 4. The number of nitrogens with one attached hydrogen (secondary N) is 3. The number of oxazole rings is 1. The Hall–Kier alpha value is -4.41. The van der Waals surface area contributed by atoms with Crippen LogP contribution in [-0.4, -0.2) is 64.2 Å². The van der Waals surface area contributed by atoms with E-state index in [9.17, 15) is 14.7 Å². The minimum Gasteiger partial charge on any atom is -0.508 e. The highest BCUT2D eigenvalue weighted by Crippen LogP contribution is 2.29. The van der Waals surface area contributed by atoms with Gasteiger partial charge in [0.2, 0.25) is 0 Å². The number of fused-ring (bicyclic) bond motifs is 2. The number of aliphatic imine (C=N–C) groups is 1. The lowest BCUT2D eigenvalue weighted by Crippen LogP contribution is -2.49. The van der Waals surface area contributed by atoms with Crippen molar-refractivity contribution in [2.75, 3.05) is 25.0 Å². The molecule has 1 atom stereocenters. The Morgan fingerprint density at radius 3 is 2.81 bits per heavy atom. The number of anilines is 1. The maximum atomic E-state index is 12.9. The Morgan fingerprint density at radius 1 is 1.14 bits per heavy atom. The SMILES string of the molecule is Cc1cc(OC2C=C(N3CCC(N4CCc5cc(O)ccc5NC4=O)CC3)N=CN2)cc2oc(=O)[nH]c12. The molecule has 2 amide bonds. The zero-order valence-corrected chi connectivity index (χ0v) is 20.4. The number of phenols is 1. The largest absolute Gasteiger partial charge is 0.508 e. The second-order valence-corrected chi connectivity index (χ2v) is 9.55. The third kappa shape index (κ3) is 4.59. The van der Waals surface area contributed by atoms with Crippen LogP contribution in [0.15, 0.2) is 56.4 Å². The summed E-state index contributed by atoms with van der Waals surface area (Å²) in [5.41, 5.74) is 3.67. The monoisotopic (exact) mass is 504 g/mol. The fourth-order valence-electron chi connectivity index (χ4n) is 5.26. The molecule has 37 heavy (non-hydrogen) atoms. The predicted octanol–water partition coefficient (Wildman–Crippen LogP) is 2.87. The van der Waals surface area contributed by atoms with Gasteiger partial charge in [-0.2, -0.15) is 0 Å². The number of piperidine rings is 1. The quantitative estimate of drug-likeness (QED) is 0.401. The van der Waals surface area contributed by atoms with Gasteiger partial charge in [-0.1, -0.05) is 0 Å². The normalized spacial score (nSPS) is 20.2. The lowest BCUT2D eigenvalue weighted by Gasteiger charge is -2.39. The number of aromatic hydroxyl groups is 1. The third-order valence-corrected chi connectivity index (χ3v) is 7.14. The zero-order chi connectivity index (χ0) is 25.5. The van der Waals surface area contributed by atoms with Gasteiger partial charge in [-0.15, -0.1) is 0 Å². The number of aryl methyl sites for hydroxylation is 1. The minimum absolute atomic E-state index is 0.0963. The maximum absolute atomic E-state index is 12.9. The molecule has 0 spiro atoms. The standard InChI is InChI=1S/C26H28N6O5/c1-15-10-19(12-21-24(15)30-26(35)37-21)36-23-13-22(27-14-28-23)31-7-5-17(6-8-31)32-9-4-16-11-18(33)2-3-20(16)29-25(32)34/h2-3,10-14,17,23,33H,4-9H2,1H3,(H,27,28)(H,29,34)(H,30,35). The summed E-state index contributed by atoms with van der Waals surface area (Å²) in [4.78, 5) is 35.8. The molecule has 0 aliphatic carbocycles. The van der Waals surface area contributed by atoms with Crippen molar-refractivity contribution in [1.82, 2.24) is 20.1 Å². The molecule has 0 saturated carbocycles. The average Bonchev–Trinajstić information content (AvgIpc) is 3.18. The summed E-state index contributed by atoms with van der Waals surface area (Å²) in [6.45, 7) is 4.02. The van der Waals surface area contributed by atoms with E-state index in [4.69, 9.17) is 9.15 Å². The molecule has 1 unspecified atom stereocenters. The summed E-state index contributed by atoms with van der Waals surface area (Å²) < 4.78 is 11.3. The number of H-pyrrole nitrogens is 1. The van der Waals surface area contributed by atoms with Crippen molar-refractivity contribution in [2.45, 2.75) is 38.5 Å². The van der Waals surface area contributed by atoms with Crippen LogP contribution in [0.3, 0.4) is 0 Å². The van der Waals surface area contributed by atoms with Crippen LogP contribution in [-0.2, 0) is 6.42 Å². The van der Waals surface area contributed by atoms with Gasteiger partial charge in [-0.05, 0) is 61.6 Å². The van der Waals surface area contributed by atoms with E-state index in [1.165, 1.54) is 0 Å². The van der Waals surface area contributed by atoms with Crippen molar-refractivity contribution >= 4 is 29.2 Å². The number of ether oxygens (including phenoxy) is 1. The molecule has 4 N–H and O–H groups in total. The summed E-state index contributed by atoms with van der Waals surface area (Å²) in [7, 11) is 0. The number of amides is 2. The number of aromatic nitrogens is 1. The fraction of sp³-hybridized carbons (Fsp3) is 0.346. The molecule has 6 rings (SSSR count). The van der Waals surface area contributed by atoms with E-state index < -0.39 is 12.0 Å². The molecule has 1 saturated heterocycles. The molecule has 192 valence electrons. The molecule has 4 heterocycles. The molecule has 2 aromatic carbocycles. The number of carbonyl (C=O) groups excluding carboxylic acids is 1. The predicted molar refractivity (Wildman–Crippen MR) is 138 cm³/mol. The van der Waals surface area contributed by atoms with E-state index in [0.29, 0.717) is 29.8 Å². The lowest BCUT2D eigenvalue weighted by molar-refractivity contribution is 0.141. The van der Waals surface area contributed by atoms with Gasteiger partial charge in [0.1, 0.15) is 17.3 Å². The van der Waals surface area contributed by atoms with E-state index in [1.54, 1.807) is 30.6 Å². The summed E-state index contributed by atoms with van der Waals surface area (Å²) in [5.74, 6) is 1.11. The molecule has 11 nitrogen and oxygen atoms in total. The molecule has 3 aromatic rings. The van der Waals surface area contributed by atoms with Crippen LogP contribution >= 0.6 is 0 Å². The number of urea groups is 1.